The zero-order chi connectivity index (χ0) is 25.3. The van der Waals surface area contributed by atoms with Crippen LogP contribution in [0.15, 0.2) is 24.7 Å². The first kappa shape index (κ1) is 23.1. The van der Waals surface area contributed by atoms with Crippen LogP contribution in [0.25, 0.3) is 16.9 Å². The summed E-state index contributed by atoms with van der Waals surface area (Å²) in [6, 6.07) is 3.32. The van der Waals surface area contributed by atoms with E-state index in [2.05, 4.69) is 15.1 Å². The van der Waals surface area contributed by atoms with Gasteiger partial charge in [0.15, 0.2) is 11.5 Å². The van der Waals surface area contributed by atoms with Crippen molar-refractivity contribution >= 4 is 23.3 Å². The van der Waals surface area contributed by atoms with E-state index in [0.29, 0.717) is 34.9 Å². The van der Waals surface area contributed by atoms with E-state index in [0.717, 1.165) is 12.8 Å². The zero-order valence-electron chi connectivity index (χ0n) is 19.3. The summed E-state index contributed by atoms with van der Waals surface area (Å²) in [5, 5.41) is 4.19. The lowest BCUT2D eigenvalue weighted by atomic mass is 9.88. The Bertz CT molecular complexity index is 1360. The third-order valence-electron chi connectivity index (χ3n) is 6.69. The van der Waals surface area contributed by atoms with Crippen molar-refractivity contribution in [2.75, 3.05) is 5.73 Å². The van der Waals surface area contributed by atoms with Crippen LogP contribution in [0.4, 0.5) is 19.0 Å². The topological polar surface area (TPSA) is 116 Å². The molecule has 0 unspecified atom stereocenters. The van der Waals surface area contributed by atoms with E-state index in [9.17, 15) is 22.8 Å². The van der Waals surface area contributed by atoms with Crippen LogP contribution in [0, 0.1) is 5.92 Å². The molecule has 12 heteroatoms. The van der Waals surface area contributed by atoms with Crippen LogP contribution in [-0.4, -0.2) is 48.6 Å². The number of benzene rings is 1. The fraction of sp³-hybridized carbons (Fsp3) is 0.435. The van der Waals surface area contributed by atoms with E-state index in [1.165, 1.54) is 30.9 Å². The fourth-order valence-corrected chi connectivity index (χ4v) is 4.64. The summed E-state index contributed by atoms with van der Waals surface area (Å²) in [5.41, 5.74) is 6.54. The number of alkyl halides is 3. The first-order valence-electron chi connectivity index (χ1n) is 11.1. The Labute approximate surface area is 198 Å². The standard InChI is InChI=1S/C23H23F3N6O3/c1-11(12-4-5-12)31-9-14-6-13(16-8-28-19-18(27)29-10-30-32(16)19)7-15(17(14)20(31)33)22(2,3)35-21(34)23(24,25)26/h6-8,10-12H,4-5,9H2,1-3H3,(H2,27,29,30)/t11-/m0/s1. The minimum atomic E-state index is -5.18. The van der Waals surface area contributed by atoms with Gasteiger partial charge >= 0.3 is 12.1 Å². The number of ether oxygens (including phenoxy) is 1. The lowest BCUT2D eigenvalue weighted by molar-refractivity contribution is -0.212. The molecule has 184 valence electrons. The van der Waals surface area contributed by atoms with Gasteiger partial charge in [-0.2, -0.15) is 18.3 Å². The van der Waals surface area contributed by atoms with Gasteiger partial charge in [-0.25, -0.2) is 19.3 Å². The SMILES string of the molecule is C[C@@H](C1CC1)N1Cc2cc(-c3cnc4c(N)ncnn34)cc(C(C)(C)OC(=O)C(F)(F)F)c2C1=O. The Morgan fingerprint density at radius 3 is 2.60 bits per heavy atom. The highest BCUT2D eigenvalue weighted by atomic mass is 19.4. The van der Waals surface area contributed by atoms with Crippen molar-refractivity contribution in [3.05, 3.63) is 41.3 Å². The molecule has 3 aromatic rings. The maximum absolute atomic E-state index is 13.5. The number of halogens is 3. The minimum Gasteiger partial charge on any atom is -0.448 e. The summed E-state index contributed by atoms with van der Waals surface area (Å²) in [4.78, 5) is 35.1. The number of amides is 1. The van der Waals surface area contributed by atoms with E-state index in [1.807, 2.05) is 6.92 Å². The second-order valence-corrected chi connectivity index (χ2v) is 9.49. The van der Waals surface area contributed by atoms with Gasteiger partial charge in [0, 0.05) is 23.7 Å². The number of rotatable bonds is 5. The van der Waals surface area contributed by atoms with Gasteiger partial charge in [0.2, 0.25) is 0 Å². The molecule has 0 bridgehead atoms. The largest absolute Gasteiger partial charge is 0.490 e. The predicted molar refractivity (Wildman–Crippen MR) is 118 cm³/mol. The molecular formula is C23H23F3N6O3. The molecule has 0 saturated heterocycles. The smallest absolute Gasteiger partial charge is 0.448 e. The van der Waals surface area contributed by atoms with E-state index < -0.39 is 17.7 Å². The number of hydrogen-bond acceptors (Lipinski definition) is 7. The Hall–Kier alpha value is -3.70. The number of carbonyl (C=O) groups is 2. The quantitative estimate of drug-likeness (QED) is 0.547. The van der Waals surface area contributed by atoms with Gasteiger partial charge in [-0.15, -0.1) is 0 Å². The lowest BCUT2D eigenvalue weighted by Gasteiger charge is -2.29. The molecule has 2 aromatic heterocycles. The van der Waals surface area contributed by atoms with Crippen LogP contribution in [0.5, 0.6) is 0 Å². The zero-order valence-corrected chi connectivity index (χ0v) is 19.3. The average Bonchev–Trinajstić information content (AvgIpc) is 3.45. The second-order valence-electron chi connectivity index (χ2n) is 9.49. The highest BCUT2D eigenvalue weighted by Crippen LogP contribution is 2.43. The Morgan fingerprint density at radius 1 is 1.23 bits per heavy atom. The monoisotopic (exact) mass is 488 g/mol. The lowest BCUT2D eigenvalue weighted by Crippen LogP contribution is -2.37. The number of nitrogens with zero attached hydrogens (tertiary/aromatic N) is 5. The van der Waals surface area contributed by atoms with Gasteiger partial charge in [0.25, 0.3) is 5.91 Å². The van der Waals surface area contributed by atoms with Crippen LogP contribution >= 0.6 is 0 Å². The van der Waals surface area contributed by atoms with Crippen molar-refractivity contribution in [1.29, 1.82) is 0 Å². The fourth-order valence-electron chi connectivity index (χ4n) is 4.64. The minimum absolute atomic E-state index is 0.0182. The van der Waals surface area contributed by atoms with Gasteiger partial charge in [-0.1, -0.05) is 0 Å². The van der Waals surface area contributed by atoms with Crippen molar-refractivity contribution < 1.29 is 27.5 Å². The third-order valence-corrected chi connectivity index (χ3v) is 6.69. The normalized spacial score (nSPS) is 17.1. The predicted octanol–water partition coefficient (Wildman–Crippen LogP) is 3.47. The number of anilines is 1. The maximum atomic E-state index is 13.5. The number of fused-ring (bicyclic) bond motifs is 2. The van der Waals surface area contributed by atoms with Gasteiger partial charge in [0.05, 0.1) is 17.5 Å². The van der Waals surface area contributed by atoms with Gasteiger partial charge in [0.1, 0.15) is 11.9 Å². The summed E-state index contributed by atoms with van der Waals surface area (Å²) in [7, 11) is 0. The van der Waals surface area contributed by atoms with Crippen molar-refractivity contribution in [3.63, 3.8) is 0 Å². The number of nitrogen functional groups attached to an aromatic ring is 1. The summed E-state index contributed by atoms with van der Waals surface area (Å²) in [6.45, 7) is 4.95. The molecule has 1 fully saturated rings. The number of imidazole rings is 1. The van der Waals surface area contributed by atoms with Crippen molar-refractivity contribution in [2.45, 2.75) is 58.0 Å². The molecule has 2 aliphatic rings. The van der Waals surface area contributed by atoms with Crippen LogP contribution in [-0.2, 0) is 21.7 Å². The molecule has 1 aliphatic heterocycles. The molecule has 2 N–H and O–H groups in total. The number of carbonyl (C=O) groups excluding carboxylic acids is 2. The van der Waals surface area contributed by atoms with Crippen LogP contribution < -0.4 is 5.73 Å². The van der Waals surface area contributed by atoms with E-state index in [4.69, 9.17) is 10.5 Å². The summed E-state index contributed by atoms with van der Waals surface area (Å²) >= 11 is 0. The van der Waals surface area contributed by atoms with Gasteiger partial charge in [-0.3, -0.25) is 4.79 Å². The highest BCUT2D eigenvalue weighted by molar-refractivity contribution is 6.01. The molecule has 1 amide bonds. The highest BCUT2D eigenvalue weighted by Gasteiger charge is 2.47. The van der Waals surface area contributed by atoms with Crippen LogP contribution in [0.3, 0.4) is 0 Å². The Kier molecular flexibility index (Phi) is 5.04. The second kappa shape index (κ2) is 7.65. The van der Waals surface area contributed by atoms with Gasteiger partial charge in [-0.05, 0) is 57.2 Å². The van der Waals surface area contributed by atoms with E-state index >= 15 is 0 Å². The number of esters is 1. The molecule has 0 radical (unpaired) electrons. The number of aromatic nitrogens is 4. The summed E-state index contributed by atoms with van der Waals surface area (Å²) < 4.78 is 45.5. The number of nitrogens with two attached hydrogens (primary N) is 1. The van der Waals surface area contributed by atoms with Crippen molar-refractivity contribution in [1.82, 2.24) is 24.5 Å². The van der Waals surface area contributed by atoms with Gasteiger partial charge < -0.3 is 15.4 Å². The van der Waals surface area contributed by atoms with Crippen LogP contribution in [0.2, 0.25) is 0 Å². The van der Waals surface area contributed by atoms with Crippen molar-refractivity contribution in [3.8, 4) is 11.3 Å². The summed E-state index contributed by atoms with van der Waals surface area (Å²) in [5.74, 6) is -2.07. The molecule has 0 spiro atoms. The molecule has 1 aromatic carbocycles. The first-order chi connectivity index (χ1) is 16.4. The molecule has 3 heterocycles. The molecule has 1 atom stereocenters. The maximum Gasteiger partial charge on any atom is 0.490 e. The molecule has 35 heavy (non-hydrogen) atoms. The molecule has 5 rings (SSSR count). The molecule has 1 aliphatic carbocycles. The van der Waals surface area contributed by atoms with E-state index in [-0.39, 0.29) is 28.9 Å². The Balaban J connectivity index is 1.66. The Morgan fingerprint density at radius 2 is 1.94 bits per heavy atom. The molecule has 9 nitrogen and oxygen atoms in total. The van der Waals surface area contributed by atoms with Crippen molar-refractivity contribution in [2.24, 2.45) is 5.92 Å². The summed E-state index contributed by atoms with van der Waals surface area (Å²) in [6.07, 6.45) is -0.347. The van der Waals surface area contributed by atoms with Crippen LogP contribution in [0.1, 0.15) is 55.1 Å². The molecule has 1 saturated carbocycles. The number of hydrogen-bond donors (Lipinski definition) is 1. The average molecular weight is 488 g/mol. The molecular weight excluding hydrogens is 465 g/mol. The van der Waals surface area contributed by atoms with E-state index in [1.54, 1.807) is 17.0 Å². The third kappa shape index (κ3) is 3.86. The first-order valence-corrected chi connectivity index (χ1v) is 11.1.